The third-order valence-electron chi connectivity index (χ3n) is 7.22. The first-order valence-corrected chi connectivity index (χ1v) is 15.0. The molecular weight excluding hydrogens is 484 g/mol. The van der Waals surface area contributed by atoms with E-state index in [2.05, 4.69) is 6.92 Å². The van der Waals surface area contributed by atoms with Gasteiger partial charge in [-0.15, -0.1) is 0 Å². The van der Waals surface area contributed by atoms with E-state index in [1.54, 1.807) is 12.1 Å². The molecule has 0 saturated heterocycles. The van der Waals surface area contributed by atoms with E-state index >= 15 is 0 Å². The molecule has 220 valence electrons. The number of aryl methyl sites for hydroxylation is 1. The van der Waals surface area contributed by atoms with Crippen molar-refractivity contribution in [3.05, 3.63) is 35.4 Å². The van der Waals surface area contributed by atoms with Gasteiger partial charge in [-0.2, -0.15) is 0 Å². The fourth-order valence-electron chi connectivity index (χ4n) is 4.59. The highest BCUT2D eigenvalue weighted by Crippen LogP contribution is 2.15. The predicted molar refractivity (Wildman–Crippen MR) is 151 cm³/mol. The molecule has 1 aromatic carbocycles. The highest BCUT2D eigenvalue weighted by molar-refractivity contribution is 5.89. The number of hydrogen-bond donors (Lipinski definition) is 5. The number of ether oxygens (including phenoxy) is 1. The molecule has 0 fully saturated rings. The van der Waals surface area contributed by atoms with E-state index in [9.17, 15) is 25.2 Å². The Hall–Kier alpha value is -1.51. The molecule has 0 aliphatic rings. The van der Waals surface area contributed by atoms with Crippen LogP contribution in [0.5, 0.6) is 0 Å². The summed E-state index contributed by atoms with van der Waals surface area (Å²) in [6, 6.07) is 7.15. The maximum atomic E-state index is 12.2. The van der Waals surface area contributed by atoms with Gasteiger partial charge in [0.25, 0.3) is 0 Å². The highest BCUT2D eigenvalue weighted by atomic mass is 16.5. The number of carbonyl (C=O) groups excluding carboxylic acids is 1. The lowest BCUT2D eigenvalue weighted by molar-refractivity contribution is -0.124. The highest BCUT2D eigenvalue weighted by Gasteiger charge is 2.30. The molecule has 38 heavy (non-hydrogen) atoms. The third kappa shape index (κ3) is 15.8. The van der Waals surface area contributed by atoms with Crippen LogP contribution in [0.2, 0.25) is 0 Å². The maximum Gasteiger partial charge on any atom is 0.338 e. The second-order valence-electron chi connectivity index (χ2n) is 10.6. The molecule has 0 radical (unpaired) electrons. The number of carbonyl (C=O) groups is 1. The van der Waals surface area contributed by atoms with Crippen LogP contribution in [0.1, 0.15) is 126 Å². The van der Waals surface area contributed by atoms with Gasteiger partial charge in [0, 0.05) is 0 Å². The summed E-state index contributed by atoms with van der Waals surface area (Å²) in [7, 11) is 0. The Balaban J connectivity index is 2.06. The average molecular weight is 539 g/mol. The van der Waals surface area contributed by atoms with Gasteiger partial charge in [-0.3, -0.25) is 0 Å². The summed E-state index contributed by atoms with van der Waals surface area (Å²) in [6.45, 7) is 0.955. The molecule has 4 atom stereocenters. The number of aliphatic hydroxyl groups excluding tert-OH is 5. The van der Waals surface area contributed by atoms with E-state index in [0.29, 0.717) is 5.56 Å². The summed E-state index contributed by atoms with van der Waals surface area (Å²) < 4.78 is 5.00. The number of unbranched alkanes of at least 4 members (excludes halogenated alkanes) is 15. The van der Waals surface area contributed by atoms with Crippen LogP contribution in [0.3, 0.4) is 0 Å². The number of hydrogen-bond acceptors (Lipinski definition) is 7. The van der Waals surface area contributed by atoms with Crippen LogP contribution in [0.4, 0.5) is 0 Å². The Bertz CT molecular complexity index is 694. The molecule has 0 aliphatic heterocycles. The largest absolute Gasteiger partial charge is 0.459 e. The van der Waals surface area contributed by atoms with Crippen molar-refractivity contribution >= 4 is 5.97 Å². The van der Waals surface area contributed by atoms with Crippen LogP contribution in [0, 0.1) is 0 Å². The monoisotopic (exact) mass is 538 g/mol. The zero-order chi connectivity index (χ0) is 28.0. The number of rotatable bonds is 24. The number of aliphatic hydroxyl groups is 5. The van der Waals surface area contributed by atoms with E-state index in [1.807, 2.05) is 12.1 Å². The number of benzene rings is 1. The molecule has 7 heteroatoms. The van der Waals surface area contributed by atoms with Gasteiger partial charge in [0.05, 0.1) is 12.2 Å². The van der Waals surface area contributed by atoms with Gasteiger partial charge in [-0.1, -0.05) is 115 Å². The first-order chi connectivity index (χ1) is 18.4. The predicted octanol–water partition coefficient (Wildman–Crippen LogP) is 5.08. The molecule has 0 unspecified atom stereocenters. The van der Waals surface area contributed by atoms with Crippen molar-refractivity contribution in [3.63, 3.8) is 0 Å². The van der Waals surface area contributed by atoms with Gasteiger partial charge in [0.15, 0.2) is 0 Å². The molecule has 0 aliphatic carbocycles. The van der Waals surface area contributed by atoms with Gasteiger partial charge in [-0.05, 0) is 30.5 Å². The van der Waals surface area contributed by atoms with E-state index in [-0.39, 0.29) is 0 Å². The fraction of sp³-hybridized carbons (Fsp3) is 0.774. The maximum absolute atomic E-state index is 12.2. The topological polar surface area (TPSA) is 127 Å². The third-order valence-corrected chi connectivity index (χ3v) is 7.22. The molecule has 1 rings (SSSR count). The second kappa shape index (κ2) is 22.3. The van der Waals surface area contributed by atoms with Gasteiger partial charge in [0.2, 0.25) is 0 Å². The summed E-state index contributed by atoms with van der Waals surface area (Å²) in [6.07, 6.45) is 15.8. The minimum absolute atomic E-state index is 0.332. The summed E-state index contributed by atoms with van der Waals surface area (Å²) in [5.74, 6) is -0.651. The lowest BCUT2D eigenvalue weighted by atomic mass is 10.0. The normalized spacial score (nSPS) is 14.7. The molecule has 0 saturated carbocycles. The van der Waals surface area contributed by atoms with Crippen LogP contribution < -0.4 is 0 Å². The Labute approximate surface area is 230 Å². The van der Waals surface area contributed by atoms with E-state index in [4.69, 9.17) is 9.84 Å². The van der Waals surface area contributed by atoms with E-state index in [0.717, 1.165) is 18.4 Å². The minimum atomic E-state index is -1.76. The van der Waals surface area contributed by atoms with Crippen molar-refractivity contribution in [2.45, 2.75) is 140 Å². The van der Waals surface area contributed by atoms with Crippen LogP contribution >= 0.6 is 0 Å². The summed E-state index contributed by atoms with van der Waals surface area (Å²) in [5, 5.41) is 47.4. The first-order valence-electron chi connectivity index (χ1n) is 15.0. The molecular formula is C31H54O7. The zero-order valence-corrected chi connectivity index (χ0v) is 23.6. The van der Waals surface area contributed by atoms with Crippen LogP contribution in [0.15, 0.2) is 24.3 Å². The van der Waals surface area contributed by atoms with E-state index < -0.39 is 43.6 Å². The van der Waals surface area contributed by atoms with Crippen LogP contribution in [-0.2, 0) is 11.2 Å². The van der Waals surface area contributed by atoms with Crippen molar-refractivity contribution in [3.8, 4) is 0 Å². The number of esters is 1. The molecule has 0 heterocycles. The SMILES string of the molecule is CCCCCCCCCCCCCCCCCCc1ccc(C(=O)OC[C@@H](O)[C@@H](O)[C@H](O)[C@@H](O)CO)cc1. The van der Waals surface area contributed by atoms with E-state index in [1.165, 1.54) is 96.3 Å². The Morgan fingerprint density at radius 2 is 1.08 bits per heavy atom. The summed E-state index contributed by atoms with van der Waals surface area (Å²) >= 11 is 0. The summed E-state index contributed by atoms with van der Waals surface area (Å²) in [5.41, 5.74) is 1.49. The Morgan fingerprint density at radius 1 is 0.658 bits per heavy atom. The Kier molecular flexibility index (Phi) is 20.3. The van der Waals surface area contributed by atoms with Crippen molar-refractivity contribution < 1.29 is 35.1 Å². The van der Waals surface area contributed by atoms with Crippen molar-refractivity contribution in [1.29, 1.82) is 0 Å². The molecule has 0 bridgehead atoms. The van der Waals surface area contributed by atoms with Crippen LogP contribution in [-0.4, -0.2) is 69.1 Å². The molecule has 7 nitrogen and oxygen atoms in total. The van der Waals surface area contributed by atoms with Crippen molar-refractivity contribution in [1.82, 2.24) is 0 Å². The molecule has 5 N–H and O–H groups in total. The standard InChI is InChI=1S/C31H54O7/c1-2-3-4-5-6-7-8-9-10-11-12-13-14-15-16-17-18-25-19-21-26(22-20-25)31(37)38-24-28(34)30(36)29(35)27(33)23-32/h19-22,27-30,32-36H,2-18,23-24H2,1H3/t27-,28+,29+,30+/m0/s1. The Morgan fingerprint density at radius 3 is 1.53 bits per heavy atom. The van der Waals surface area contributed by atoms with Gasteiger partial charge in [0.1, 0.15) is 31.0 Å². The zero-order valence-electron chi connectivity index (χ0n) is 23.6. The summed E-state index contributed by atoms with van der Waals surface area (Å²) in [4.78, 5) is 12.2. The lowest BCUT2D eigenvalue weighted by Gasteiger charge is -2.25. The average Bonchev–Trinajstić information content (AvgIpc) is 2.94. The first kappa shape index (κ1) is 34.5. The molecule has 0 aromatic heterocycles. The quantitative estimate of drug-likeness (QED) is 0.0917. The minimum Gasteiger partial charge on any atom is -0.459 e. The lowest BCUT2D eigenvalue weighted by Crippen LogP contribution is -2.47. The van der Waals surface area contributed by atoms with Crippen molar-refractivity contribution in [2.24, 2.45) is 0 Å². The van der Waals surface area contributed by atoms with Gasteiger partial charge >= 0.3 is 5.97 Å². The molecule has 0 spiro atoms. The molecule has 0 amide bonds. The van der Waals surface area contributed by atoms with Crippen LogP contribution in [0.25, 0.3) is 0 Å². The fourth-order valence-corrected chi connectivity index (χ4v) is 4.59. The van der Waals surface area contributed by atoms with Gasteiger partial charge < -0.3 is 30.3 Å². The molecule has 1 aromatic rings. The van der Waals surface area contributed by atoms with Crippen molar-refractivity contribution in [2.75, 3.05) is 13.2 Å². The smallest absolute Gasteiger partial charge is 0.338 e. The second-order valence-corrected chi connectivity index (χ2v) is 10.6. The van der Waals surface area contributed by atoms with Gasteiger partial charge in [-0.25, -0.2) is 4.79 Å².